The number of nitrogens with one attached hydrogen (secondary N) is 1. The summed E-state index contributed by atoms with van der Waals surface area (Å²) in [5.41, 5.74) is 0.589. The third kappa shape index (κ3) is 2.34. The summed E-state index contributed by atoms with van der Waals surface area (Å²) in [6, 6.07) is 0. The van der Waals surface area contributed by atoms with E-state index in [1.54, 1.807) is 0 Å². The SMILES string of the molecule is C=C(CC1CCNC1)C(=O)OC. The van der Waals surface area contributed by atoms with E-state index in [2.05, 4.69) is 16.6 Å². The Labute approximate surface area is 72.8 Å². The molecule has 0 amide bonds. The standard InChI is InChI=1S/C9H15NO2/c1-7(9(11)12-2)5-8-3-4-10-6-8/h8,10H,1,3-6H2,2H3. The first kappa shape index (κ1) is 9.26. The molecule has 0 radical (unpaired) electrons. The first-order valence-corrected chi connectivity index (χ1v) is 4.21. The Morgan fingerprint density at radius 2 is 2.50 bits per heavy atom. The summed E-state index contributed by atoms with van der Waals surface area (Å²) in [5, 5.41) is 3.24. The Morgan fingerprint density at radius 1 is 1.75 bits per heavy atom. The topological polar surface area (TPSA) is 38.3 Å². The number of esters is 1. The molecule has 3 nitrogen and oxygen atoms in total. The average Bonchev–Trinajstić information content (AvgIpc) is 2.55. The molecular formula is C9H15NO2. The molecule has 0 aromatic heterocycles. The number of hydrogen-bond acceptors (Lipinski definition) is 3. The van der Waals surface area contributed by atoms with Gasteiger partial charge < -0.3 is 10.1 Å². The first-order chi connectivity index (χ1) is 5.74. The van der Waals surface area contributed by atoms with Crippen molar-refractivity contribution in [3.8, 4) is 0 Å². The number of hydrogen-bond donors (Lipinski definition) is 1. The van der Waals surface area contributed by atoms with Crippen molar-refractivity contribution in [2.75, 3.05) is 20.2 Å². The van der Waals surface area contributed by atoms with Crippen molar-refractivity contribution >= 4 is 5.97 Å². The van der Waals surface area contributed by atoms with E-state index in [4.69, 9.17) is 0 Å². The number of carbonyl (C=O) groups excluding carboxylic acids is 1. The first-order valence-electron chi connectivity index (χ1n) is 4.21. The molecule has 0 bridgehead atoms. The maximum absolute atomic E-state index is 11.0. The highest BCUT2D eigenvalue weighted by molar-refractivity contribution is 5.87. The highest BCUT2D eigenvalue weighted by atomic mass is 16.5. The Hall–Kier alpha value is -0.830. The largest absolute Gasteiger partial charge is 0.466 e. The van der Waals surface area contributed by atoms with E-state index in [1.165, 1.54) is 7.11 Å². The molecule has 1 rings (SSSR count). The molecule has 1 N–H and O–H groups in total. The highest BCUT2D eigenvalue weighted by Crippen LogP contribution is 2.17. The van der Waals surface area contributed by atoms with Gasteiger partial charge in [0, 0.05) is 5.57 Å². The molecule has 0 saturated carbocycles. The van der Waals surface area contributed by atoms with Crippen LogP contribution in [0.4, 0.5) is 0 Å². The van der Waals surface area contributed by atoms with Gasteiger partial charge in [-0.2, -0.15) is 0 Å². The zero-order chi connectivity index (χ0) is 8.97. The van der Waals surface area contributed by atoms with E-state index in [0.717, 1.165) is 25.9 Å². The summed E-state index contributed by atoms with van der Waals surface area (Å²) < 4.78 is 4.56. The molecule has 1 saturated heterocycles. The number of carbonyl (C=O) groups is 1. The fraction of sp³-hybridized carbons (Fsp3) is 0.667. The molecule has 1 fully saturated rings. The summed E-state index contributed by atoms with van der Waals surface area (Å²) in [5.74, 6) is 0.290. The van der Waals surface area contributed by atoms with Gasteiger partial charge in [-0.25, -0.2) is 4.79 Å². The van der Waals surface area contributed by atoms with Gasteiger partial charge in [-0.3, -0.25) is 0 Å². The van der Waals surface area contributed by atoms with Gasteiger partial charge in [-0.05, 0) is 31.8 Å². The predicted molar refractivity (Wildman–Crippen MR) is 46.7 cm³/mol. The lowest BCUT2D eigenvalue weighted by atomic mass is 10.00. The molecule has 3 heteroatoms. The molecule has 0 spiro atoms. The van der Waals surface area contributed by atoms with Crippen molar-refractivity contribution in [1.82, 2.24) is 5.32 Å². The lowest BCUT2D eigenvalue weighted by molar-refractivity contribution is -0.136. The van der Waals surface area contributed by atoms with Gasteiger partial charge in [0.05, 0.1) is 7.11 Å². The molecule has 0 aromatic carbocycles. The van der Waals surface area contributed by atoms with Gasteiger partial charge in [0.1, 0.15) is 0 Å². The summed E-state index contributed by atoms with van der Waals surface area (Å²) in [4.78, 5) is 11.0. The van der Waals surface area contributed by atoms with E-state index < -0.39 is 0 Å². The molecular weight excluding hydrogens is 154 g/mol. The summed E-state index contributed by atoms with van der Waals surface area (Å²) in [6.45, 7) is 5.74. The van der Waals surface area contributed by atoms with Gasteiger partial charge in [-0.15, -0.1) is 0 Å². The second kappa shape index (κ2) is 4.26. The number of rotatable bonds is 3. The van der Waals surface area contributed by atoms with Gasteiger partial charge in [0.15, 0.2) is 0 Å². The molecule has 1 aliphatic heterocycles. The Balaban J connectivity index is 2.29. The molecule has 68 valence electrons. The minimum atomic E-state index is -0.276. The zero-order valence-electron chi connectivity index (χ0n) is 7.43. The molecule has 1 aliphatic rings. The molecule has 1 atom stereocenters. The van der Waals surface area contributed by atoms with Crippen LogP contribution in [-0.2, 0) is 9.53 Å². The van der Waals surface area contributed by atoms with Gasteiger partial charge in [0.25, 0.3) is 0 Å². The van der Waals surface area contributed by atoms with Crippen LogP contribution in [0.5, 0.6) is 0 Å². The smallest absolute Gasteiger partial charge is 0.333 e. The van der Waals surface area contributed by atoms with Crippen LogP contribution in [0.1, 0.15) is 12.8 Å². The minimum absolute atomic E-state index is 0.276. The van der Waals surface area contributed by atoms with Crippen molar-refractivity contribution in [3.63, 3.8) is 0 Å². The van der Waals surface area contributed by atoms with Gasteiger partial charge >= 0.3 is 5.97 Å². The van der Waals surface area contributed by atoms with Crippen LogP contribution >= 0.6 is 0 Å². The quantitative estimate of drug-likeness (QED) is 0.499. The van der Waals surface area contributed by atoms with E-state index in [1.807, 2.05) is 0 Å². The van der Waals surface area contributed by atoms with E-state index in [9.17, 15) is 4.79 Å². The monoisotopic (exact) mass is 169 g/mol. The summed E-state index contributed by atoms with van der Waals surface area (Å²) >= 11 is 0. The average molecular weight is 169 g/mol. The fourth-order valence-electron chi connectivity index (χ4n) is 1.46. The Morgan fingerprint density at radius 3 is 3.00 bits per heavy atom. The van der Waals surface area contributed by atoms with Crippen LogP contribution in [0.25, 0.3) is 0 Å². The van der Waals surface area contributed by atoms with Crippen LogP contribution < -0.4 is 5.32 Å². The second-order valence-corrected chi connectivity index (χ2v) is 3.16. The minimum Gasteiger partial charge on any atom is -0.466 e. The summed E-state index contributed by atoms with van der Waals surface area (Å²) in [6.07, 6.45) is 1.90. The normalized spacial score (nSPS) is 22.2. The third-order valence-corrected chi connectivity index (χ3v) is 2.17. The van der Waals surface area contributed by atoms with Gasteiger partial charge in [0.2, 0.25) is 0 Å². The lowest BCUT2D eigenvalue weighted by Gasteiger charge is -2.08. The summed E-state index contributed by atoms with van der Waals surface area (Å²) in [7, 11) is 1.39. The Kier molecular flexibility index (Phi) is 3.29. The highest BCUT2D eigenvalue weighted by Gasteiger charge is 2.18. The molecule has 1 heterocycles. The number of ether oxygens (including phenoxy) is 1. The van der Waals surface area contributed by atoms with Crippen LogP contribution in [0.15, 0.2) is 12.2 Å². The van der Waals surface area contributed by atoms with Crippen LogP contribution in [0.3, 0.4) is 0 Å². The van der Waals surface area contributed by atoms with E-state index in [0.29, 0.717) is 11.5 Å². The number of methoxy groups -OCH3 is 1. The lowest BCUT2D eigenvalue weighted by Crippen LogP contribution is -2.12. The van der Waals surface area contributed by atoms with Crippen LogP contribution in [0.2, 0.25) is 0 Å². The third-order valence-electron chi connectivity index (χ3n) is 2.17. The van der Waals surface area contributed by atoms with Crippen LogP contribution in [-0.4, -0.2) is 26.2 Å². The molecule has 12 heavy (non-hydrogen) atoms. The van der Waals surface area contributed by atoms with E-state index in [-0.39, 0.29) is 5.97 Å². The van der Waals surface area contributed by atoms with Crippen molar-refractivity contribution < 1.29 is 9.53 Å². The maximum atomic E-state index is 11.0. The Bertz CT molecular complexity index is 183. The molecule has 0 aliphatic carbocycles. The maximum Gasteiger partial charge on any atom is 0.333 e. The van der Waals surface area contributed by atoms with Crippen molar-refractivity contribution in [3.05, 3.63) is 12.2 Å². The molecule has 0 aromatic rings. The van der Waals surface area contributed by atoms with Crippen molar-refractivity contribution in [2.45, 2.75) is 12.8 Å². The van der Waals surface area contributed by atoms with Crippen LogP contribution in [0, 0.1) is 5.92 Å². The van der Waals surface area contributed by atoms with Crippen molar-refractivity contribution in [1.29, 1.82) is 0 Å². The zero-order valence-corrected chi connectivity index (χ0v) is 7.43. The van der Waals surface area contributed by atoms with E-state index >= 15 is 0 Å². The van der Waals surface area contributed by atoms with Crippen molar-refractivity contribution in [2.24, 2.45) is 5.92 Å². The molecule has 1 unspecified atom stereocenters. The second-order valence-electron chi connectivity index (χ2n) is 3.16. The predicted octanol–water partition coefficient (Wildman–Crippen LogP) is 0.715. The fourth-order valence-corrected chi connectivity index (χ4v) is 1.46. The van der Waals surface area contributed by atoms with Gasteiger partial charge in [-0.1, -0.05) is 6.58 Å².